The summed E-state index contributed by atoms with van der Waals surface area (Å²) in [6.45, 7) is 2.90. The van der Waals surface area contributed by atoms with Gasteiger partial charge >= 0.3 is 17.8 Å². The topological polar surface area (TPSA) is 88.8 Å². The molecule has 1 aromatic heterocycles. The lowest BCUT2D eigenvalue weighted by Gasteiger charge is -2.16. The van der Waals surface area contributed by atoms with Crippen LogP contribution in [0.1, 0.15) is 19.5 Å². The first-order valence-corrected chi connectivity index (χ1v) is 9.61. The van der Waals surface area contributed by atoms with Crippen LogP contribution in [0, 0.1) is 5.82 Å². The predicted octanol–water partition coefficient (Wildman–Crippen LogP) is 3.21. The van der Waals surface area contributed by atoms with Gasteiger partial charge in [-0.3, -0.25) is 9.36 Å². The maximum Gasteiger partial charge on any atom is 0.431 e. The number of alkyl halides is 3. The Bertz CT molecular complexity index is 1200. The lowest BCUT2D eigenvalue weighted by atomic mass is 10.2. The molecule has 0 amide bonds. The van der Waals surface area contributed by atoms with Crippen molar-refractivity contribution in [1.29, 1.82) is 0 Å². The second kappa shape index (κ2) is 10.1. The van der Waals surface area contributed by atoms with E-state index in [4.69, 9.17) is 25.8 Å². The molecule has 33 heavy (non-hydrogen) atoms. The molecule has 0 aliphatic heterocycles. The number of ether oxygens (including phenoxy) is 3. The summed E-state index contributed by atoms with van der Waals surface area (Å²) in [4.78, 5) is 36.4. The van der Waals surface area contributed by atoms with Crippen molar-refractivity contribution in [1.82, 2.24) is 9.13 Å². The molecule has 0 aliphatic carbocycles. The molecular formula is C20H19ClF4N2O6. The van der Waals surface area contributed by atoms with Crippen LogP contribution in [-0.4, -0.2) is 34.9 Å². The van der Waals surface area contributed by atoms with Crippen molar-refractivity contribution in [3.8, 4) is 11.4 Å². The molecule has 0 saturated carbocycles. The smallest absolute Gasteiger partial charge is 0.431 e. The fraction of sp³-hybridized carbons (Fsp3) is 0.350. The Balaban J connectivity index is 2.48. The number of methoxy groups -OCH3 is 1. The second-order valence-corrected chi connectivity index (χ2v) is 7.27. The summed E-state index contributed by atoms with van der Waals surface area (Å²) in [5.74, 6) is -2.10. The minimum atomic E-state index is -4.97. The van der Waals surface area contributed by atoms with Crippen LogP contribution in [-0.2, 0) is 27.5 Å². The Labute approximate surface area is 189 Å². The standard InChI is InChI=1S/C20H19ClF4N2O6/c1-10(2)33-18(29)5-11(31-4)9-32-15-7-14(13(22)6-12(15)21)27-17(28)8-16(20(23,24)25)26(3)19(27)30/h5-8,10H,9H2,1-4H3. The number of benzene rings is 1. The van der Waals surface area contributed by atoms with Crippen LogP contribution in [0.5, 0.6) is 5.75 Å². The lowest BCUT2D eigenvalue weighted by Crippen LogP contribution is -2.41. The van der Waals surface area contributed by atoms with Gasteiger partial charge in [-0.25, -0.2) is 18.5 Å². The van der Waals surface area contributed by atoms with Crippen molar-refractivity contribution < 1.29 is 36.6 Å². The summed E-state index contributed by atoms with van der Waals surface area (Å²) < 4.78 is 69.4. The molecule has 1 heterocycles. The van der Waals surface area contributed by atoms with E-state index in [-0.39, 0.29) is 44.4 Å². The molecule has 2 aromatic rings. The number of rotatable bonds is 7. The third kappa shape index (κ3) is 6.15. The van der Waals surface area contributed by atoms with Gasteiger partial charge < -0.3 is 14.2 Å². The molecule has 0 spiro atoms. The van der Waals surface area contributed by atoms with E-state index in [2.05, 4.69) is 0 Å². The van der Waals surface area contributed by atoms with Crippen molar-refractivity contribution in [3.05, 3.63) is 67.4 Å². The SMILES string of the molecule is COC(=CC(=O)OC(C)C)COc1cc(-n2c(=O)cc(C(F)(F)F)n(C)c2=O)c(F)cc1Cl. The number of hydrogen-bond donors (Lipinski definition) is 0. The fourth-order valence-corrected chi connectivity index (χ4v) is 2.83. The Morgan fingerprint density at radius 1 is 1.21 bits per heavy atom. The van der Waals surface area contributed by atoms with Gasteiger partial charge in [-0.2, -0.15) is 13.2 Å². The van der Waals surface area contributed by atoms with E-state index in [0.29, 0.717) is 0 Å². The highest BCUT2D eigenvalue weighted by atomic mass is 35.5. The number of hydrogen-bond acceptors (Lipinski definition) is 6. The molecule has 8 nitrogen and oxygen atoms in total. The van der Waals surface area contributed by atoms with Crippen LogP contribution in [0.2, 0.25) is 5.02 Å². The summed E-state index contributed by atoms with van der Waals surface area (Å²) >= 11 is 5.95. The van der Waals surface area contributed by atoms with Gasteiger partial charge in [0.25, 0.3) is 5.56 Å². The number of carbonyl (C=O) groups excluding carboxylic acids is 1. The molecule has 13 heteroatoms. The van der Waals surface area contributed by atoms with Gasteiger partial charge in [0.1, 0.15) is 29.6 Å². The lowest BCUT2D eigenvalue weighted by molar-refractivity contribution is -0.144. The van der Waals surface area contributed by atoms with E-state index in [9.17, 15) is 31.9 Å². The minimum Gasteiger partial charge on any atom is -0.497 e. The fourth-order valence-electron chi connectivity index (χ4n) is 2.63. The number of halogens is 5. The highest BCUT2D eigenvalue weighted by Gasteiger charge is 2.35. The Kier molecular flexibility index (Phi) is 7.96. The Hall–Kier alpha value is -3.28. The zero-order valence-corrected chi connectivity index (χ0v) is 18.6. The van der Waals surface area contributed by atoms with Gasteiger partial charge in [-0.15, -0.1) is 0 Å². The third-order valence-electron chi connectivity index (χ3n) is 4.12. The van der Waals surface area contributed by atoms with Crippen molar-refractivity contribution in [2.75, 3.05) is 13.7 Å². The van der Waals surface area contributed by atoms with E-state index >= 15 is 0 Å². The van der Waals surface area contributed by atoms with Gasteiger partial charge in [0.05, 0.1) is 30.0 Å². The molecule has 1 aromatic carbocycles. The maximum atomic E-state index is 14.5. The first-order chi connectivity index (χ1) is 15.3. The van der Waals surface area contributed by atoms with Gasteiger partial charge in [0.15, 0.2) is 0 Å². The first-order valence-electron chi connectivity index (χ1n) is 9.24. The van der Waals surface area contributed by atoms with Gasteiger partial charge in [-0.05, 0) is 19.9 Å². The molecule has 0 atom stereocenters. The average Bonchev–Trinajstić information content (AvgIpc) is 2.68. The van der Waals surface area contributed by atoms with Crippen molar-refractivity contribution >= 4 is 17.6 Å². The molecule has 0 fully saturated rings. The summed E-state index contributed by atoms with van der Waals surface area (Å²) in [7, 11) is 2.04. The van der Waals surface area contributed by atoms with Crippen LogP contribution < -0.4 is 16.0 Å². The highest BCUT2D eigenvalue weighted by molar-refractivity contribution is 6.32. The largest absolute Gasteiger partial charge is 0.497 e. The van der Waals surface area contributed by atoms with Crippen molar-refractivity contribution in [3.63, 3.8) is 0 Å². The van der Waals surface area contributed by atoms with Crippen molar-refractivity contribution in [2.45, 2.75) is 26.1 Å². The molecule has 180 valence electrons. The molecule has 2 rings (SSSR count). The van der Waals surface area contributed by atoms with Crippen LogP contribution in [0.15, 0.2) is 39.6 Å². The van der Waals surface area contributed by atoms with Gasteiger partial charge in [-0.1, -0.05) is 11.6 Å². The van der Waals surface area contributed by atoms with Crippen LogP contribution in [0.25, 0.3) is 5.69 Å². The minimum absolute atomic E-state index is 0.00482. The molecule has 0 bridgehead atoms. The van der Waals surface area contributed by atoms with E-state index in [0.717, 1.165) is 25.3 Å². The Morgan fingerprint density at radius 3 is 2.39 bits per heavy atom. The van der Waals surface area contributed by atoms with E-state index in [1.165, 1.54) is 7.11 Å². The summed E-state index contributed by atoms with van der Waals surface area (Å²) in [6.07, 6.45) is -4.35. The summed E-state index contributed by atoms with van der Waals surface area (Å²) in [5.41, 5.74) is -5.03. The normalized spacial score (nSPS) is 12.1. The van der Waals surface area contributed by atoms with E-state index < -0.39 is 40.6 Å². The average molecular weight is 495 g/mol. The molecule has 0 radical (unpaired) electrons. The van der Waals surface area contributed by atoms with Gasteiger partial charge in [0, 0.05) is 19.2 Å². The molecule has 0 unspecified atom stereocenters. The zero-order valence-electron chi connectivity index (χ0n) is 17.8. The molecule has 0 saturated heterocycles. The second-order valence-electron chi connectivity index (χ2n) is 6.87. The quantitative estimate of drug-likeness (QED) is 0.254. The van der Waals surface area contributed by atoms with E-state index in [1.807, 2.05) is 0 Å². The molecular weight excluding hydrogens is 476 g/mol. The Morgan fingerprint density at radius 2 is 1.85 bits per heavy atom. The highest BCUT2D eigenvalue weighted by Crippen LogP contribution is 2.30. The van der Waals surface area contributed by atoms with Gasteiger partial charge in [0.2, 0.25) is 0 Å². The van der Waals surface area contributed by atoms with E-state index in [1.54, 1.807) is 13.8 Å². The number of aromatic nitrogens is 2. The monoisotopic (exact) mass is 494 g/mol. The summed E-state index contributed by atoms with van der Waals surface area (Å²) in [6, 6.07) is 1.76. The number of nitrogens with zero attached hydrogens (tertiary/aromatic N) is 2. The van der Waals surface area contributed by atoms with Crippen LogP contribution in [0.3, 0.4) is 0 Å². The predicted molar refractivity (Wildman–Crippen MR) is 109 cm³/mol. The number of carbonyl (C=O) groups is 1. The zero-order chi connectivity index (χ0) is 25.1. The first kappa shape index (κ1) is 26.0. The van der Waals surface area contributed by atoms with Crippen LogP contribution in [0.4, 0.5) is 17.6 Å². The molecule has 0 aliphatic rings. The molecule has 0 N–H and O–H groups in total. The summed E-state index contributed by atoms with van der Waals surface area (Å²) in [5, 5.41) is -0.270. The third-order valence-corrected chi connectivity index (χ3v) is 4.41. The number of esters is 1. The van der Waals surface area contributed by atoms with Crippen molar-refractivity contribution in [2.24, 2.45) is 7.05 Å². The van der Waals surface area contributed by atoms with Crippen LogP contribution >= 0.6 is 11.6 Å². The maximum absolute atomic E-state index is 14.5.